The lowest BCUT2D eigenvalue weighted by Gasteiger charge is -1.98. The Morgan fingerprint density at radius 2 is 1.71 bits per heavy atom. The lowest BCUT2D eigenvalue weighted by molar-refractivity contribution is 0.483. The summed E-state index contributed by atoms with van der Waals surface area (Å²) in [6.45, 7) is 6.25. The van der Waals surface area contributed by atoms with E-state index in [9.17, 15) is 8.42 Å². The average molecular weight is 213 g/mol. The maximum absolute atomic E-state index is 10.5. The summed E-state index contributed by atoms with van der Waals surface area (Å²) in [4.78, 5) is -0.250. The Kier molecular flexibility index (Phi) is 4.66. The van der Waals surface area contributed by atoms with Crippen LogP contribution in [0.15, 0.2) is 48.1 Å². The number of hydrogen-bond donors (Lipinski definition) is 2. The van der Waals surface area contributed by atoms with Crippen LogP contribution in [0.5, 0.6) is 0 Å². The number of anilines is 1. The summed E-state index contributed by atoms with van der Waals surface area (Å²) in [6.07, 6.45) is 0. The predicted molar refractivity (Wildman–Crippen MR) is 55.4 cm³/mol. The summed E-state index contributed by atoms with van der Waals surface area (Å²) in [6, 6.07) is 5.72. The minimum atomic E-state index is -4.16. The molecule has 0 heterocycles. The number of nitrogens with two attached hydrogens (primary N) is 1. The molecular weight excluding hydrogens is 202 g/mol. The lowest BCUT2D eigenvalue weighted by atomic mass is 10.3. The second-order valence-electron chi connectivity index (χ2n) is 2.26. The van der Waals surface area contributed by atoms with Gasteiger partial charge in [-0.1, -0.05) is 25.3 Å². The molecule has 5 heteroatoms. The van der Waals surface area contributed by atoms with Gasteiger partial charge in [-0.05, 0) is 12.1 Å². The van der Waals surface area contributed by atoms with Crippen molar-refractivity contribution >= 4 is 15.8 Å². The van der Waals surface area contributed by atoms with E-state index in [1.54, 1.807) is 6.07 Å². The van der Waals surface area contributed by atoms with Gasteiger partial charge in [-0.15, -0.1) is 5.73 Å². The van der Waals surface area contributed by atoms with E-state index in [0.717, 1.165) is 0 Å². The van der Waals surface area contributed by atoms with Gasteiger partial charge in [0.05, 0.1) is 5.69 Å². The first-order chi connectivity index (χ1) is 6.43. The lowest BCUT2D eigenvalue weighted by Crippen LogP contribution is -2.01. The van der Waals surface area contributed by atoms with Crippen molar-refractivity contribution in [2.75, 3.05) is 5.73 Å². The Bertz CT molecular complexity index is 431. The monoisotopic (exact) mass is 213 g/mol. The van der Waals surface area contributed by atoms with Crippen LogP contribution < -0.4 is 5.73 Å². The number of nitrogen functional groups attached to an aromatic ring is 1. The first kappa shape index (κ1) is 12.5. The second kappa shape index (κ2) is 5.24. The molecule has 0 bridgehead atoms. The quantitative estimate of drug-likeness (QED) is 0.420. The van der Waals surface area contributed by atoms with Gasteiger partial charge in [0.25, 0.3) is 10.1 Å². The molecule has 1 aromatic rings. The first-order valence-corrected chi connectivity index (χ1v) is 4.98. The van der Waals surface area contributed by atoms with Crippen LogP contribution in [0, 0.1) is 0 Å². The van der Waals surface area contributed by atoms with E-state index in [2.05, 4.69) is 18.9 Å². The van der Waals surface area contributed by atoms with E-state index in [1.165, 1.54) is 18.2 Å². The highest BCUT2D eigenvalue weighted by Gasteiger charge is 2.11. The van der Waals surface area contributed by atoms with Gasteiger partial charge in [-0.3, -0.25) is 4.55 Å². The molecule has 0 aliphatic heterocycles. The van der Waals surface area contributed by atoms with Gasteiger partial charge >= 0.3 is 0 Å². The number of rotatable bonds is 1. The van der Waals surface area contributed by atoms with Gasteiger partial charge in [0.1, 0.15) is 4.90 Å². The van der Waals surface area contributed by atoms with Crippen LogP contribution in [0.25, 0.3) is 0 Å². The molecule has 0 spiro atoms. The Labute approximate surface area is 83.1 Å². The number of benzene rings is 1. The van der Waals surface area contributed by atoms with Gasteiger partial charge in [-0.25, -0.2) is 0 Å². The first-order valence-electron chi connectivity index (χ1n) is 3.54. The molecule has 0 atom stereocenters. The highest BCUT2D eigenvalue weighted by Crippen LogP contribution is 2.15. The molecule has 0 unspecified atom stereocenters. The van der Waals surface area contributed by atoms with Crippen molar-refractivity contribution in [1.29, 1.82) is 0 Å². The third kappa shape index (κ3) is 3.91. The van der Waals surface area contributed by atoms with Crippen LogP contribution in [-0.4, -0.2) is 13.0 Å². The summed E-state index contributed by atoms with van der Waals surface area (Å²) in [5.74, 6) is 0. The van der Waals surface area contributed by atoms with E-state index in [4.69, 9.17) is 10.3 Å². The summed E-state index contributed by atoms with van der Waals surface area (Å²) >= 11 is 0. The minimum absolute atomic E-state index is 0.0509. The Balaban J connectivity index is 0.000000500. The van der Waals surface area contributed by atoms with Crippen molar-refractivity contribution < 1.29 is 13.0 Å². The molecule has 0 aromatic heterocycles. The van der Waals surface area contributed by atoms with E-state index in [0.29, 0.717) is 0 Å². The molecule has 0 radical (unpaired) electrons. The van der Waals surface area contributed by atoms with Gasteiger partial charge < -0.3 is 5.73 Å². The van der Waals surface area contributed by atoms with Crippen molar-refractivity contribution in [3.8, 4) is 0 Å². The third-order valence-corrected chi connectivity index (χ3v) is 2.12. The van der Waals surface area contributed by atoms with Gasteiger partial charge in [-0.2, -0.15) is 8.42 Å². The summed E-state index contributed by atoms with van der Waals surface area (Å²) in [5, 5.41) is 0. The zero-order valence-corrected chi connectivity index (χ0v) is 8.29. The summed E-state index contributed by atoms with van der Waals surface area (Å²) < 4.78 is 29.6. The molecule has 0 saturated carbocycles. The SMILES string of the molecule is C=C=C.Nc1ccccc1S(=O)(=O)O. The molecule has 1 rings (SSSR count). The third-order valence-electron chi connectivity index (χ3n) is 1.20. The summed E-state index contributed by atoms with van der Waals surface area (Å²) in [5.41, 5.74) is 7.57. The molecule has 0 amide bonds. The maximum atomic E-state index is 10.5. The molecule has 0 saturated heterocycles. The van der Waals surface area contributed by atoms with Crippen LogP contribution in [0.4, 0.5) is 5.69 Å². The maximum Gasteiger partial charge on any atom is 0.296 e. The topological polar surface area (TPSA) is 80.4 Å². The smallest absolute Gasteiger partial charge is 0.296 e. The fourth-order valence-corrected chi connectivity index (χ4v) is 1.33. The fourth-order valence-electron chi connectivity index (χ4n) is 0.715. The van der Waals surface area contributed by atoms with Crippen molar-refractivity contribution in [3.63, 3.8) is 0 Å². The molecule has 76 valence electrons. The predicted octanol–water partition coefficient (Wildman–Crippen LogP) is 1.47. The normalized spacial score (nSPS) is 9.50. The summed E-state index contributed by atoms with van der Waals surface area (Å²) in [7, 11) is -4.16. The highest BCUT2D eigenvalue weighted by molar-refractivity contribution is 7.86. The Hall–Kier alpha value is -1.55. The van der Waals surface area contributed by atoms with Crippen LogP contribution in [0.2, 0.25) is 0 Å². The van der Waals surface area contributed by atoms with Gasteiger partial charge in [0.2, 0.25) is 0 Å². The Morgan fingerprint density at radius 1 is 1.29 bits per heavy atom. The van der Waals surface area contributed by atoms with Crippen LogP contribution in [0.3, 0.4) is 0 Å². The van der Waals surface area contributed by atoms with E-state index >= 15 is 0 Å². The van der Waals surface area contributed by atoms with Crippen molar-refractivity contribution in [2.24, 2.45) is 0 Å². The standard InChI is InChI=1S/C6H7NO3S.C3H4/c7-5-3-1-2-4-6(5)11(8,9)10;1-3-2/h1-4H,7H2,(H,8,9,10);1-2H2. The van der Waals surface area contributed by atoms with Crippen molar-refractivity contribution in [2.45, 2.75) is 4.90 Å². The van der Waals surface area contributed by atoms with Gasteiger partial charge in [0.15, 0.2) is 0 Å². The number of hydrogen-bond acceptors (Lipinski definition) is 3. The molecule has 0 aliphatic rings. The molecule has 0 fully saturated rings. The van der Waals surface area contributed by atoms with Crippen LogP contribution >= 0.6 is 0 Å². The van der Waals surface area contributed by atoms with Crippen LogP contribution in [-0.2, 0) is 10.1 Å². The molecule has 3 N–H and O–H groups in total. The largest absolute Gasteiger partial charge is 0.398 e. The average Bonchev–Trinajstić information content (AvgIpc) is 2.04. The minimum Gasteiger partial charge on any atom is -0.398 e. The van der Waals surface area contributed by atoms with E-state index < -0.39 is 10.1 Å². The molecule has 4 nitrogen and oxygen atoms in total. The molecule has 14 heavy (non-hydrogen) atoms. The van der Waals surface area contributed by atoms with E-state index in [-0.39, 0.29) is 10.6 Å². The van der Waals surface area contributed by atoms with Crippen LogP contribution in [0.1, 0.15) is 0 Å². The van der Waals surface area contributed by atoms with E-state index in [1.807, 2.05) is 0 Å². The fraction of sp³-hybridized carbons (Fsp3) is 0. The zero-order valence-electron chi connectivity index (χ0n) is 7.47. The zero-order chi connectivity index (χ0) is 11.2. The van der Waals surface area contributed by atoms with Gasteiger partial charge in [0, 0.05) is 0 Å². The van der Waals surface area contributed by atoms with Crippen molar-refractivity contribution in [1.82, 2.24) is 0 Å². The van der Waals surface area contributed by atoms with Crippen molar-refractivity contribution in [3.05, 3.63) is 43.2 Å². The number of para-hydroxylation sites is 1. The Morgan fingerprint density at radius 3 is 2.00 bits per heavy atom. The molecular formula is C9H11NO3S. The molecule has 1 aromatic carbocycles. The molecule has 0 aliphatic carbocycles. The highest BCUT2D eigenvalue weighted by atomic mass is 32.2. The second-order valence-corrected chi connectivity index (χ2v) is 3.65.